The van der Waals surface area contributed by atoms with E-state index in [1.165, 1.54) is 89.0 Å². The molecule has 0 saturated carbocycles. The first-order chi connectivity index (χ1) is 18.2. The molecular weight excluding hydrogens is 454 g/mol. The lowest BCUT2D eigenvalue weighted by atomic mass is 9.89. The lowest BCUT2D eigenvalue weighted by Gasteiger charge is -2.38. The Hall–Kier alpha value is -1.88. The van der Waals surface area contributed by atoms with Gasteiger partial charge in [0.15, 0.2) is 0 Å². The number of nitrogens with one attached hydrogen (secondary N) is 1. The predicted octanol–water partition coefficient (Wildman–Crippen LogP) is 7.33. The molecule has 0 aliphatic carbocycles. The molecule has 0 spiro atoms. The lowest BCUT2D eigenvalue weighted by molar-refractivity contribution is 0.0373. The van der Waals surface area contributed by atoms with E-state index in [0.717, 1.165) is 43.3 Å². The summed E-state index contributed by atoms with van der Waals surface area (Å²) >= 11 is 0. The maximum absolute atomic E-state index is 11.1. The van der Waals surface area contributed by atoms with Crippen LogP contribution in [0.25, 0.3) is 0 Å². The van der Waals surface area contributed by atoms with Gasteiger partial charge in [0.1, 0.15) is 0 Å². The molecule has 2 aromatic rings. The second kappa shape index (κ2) is 17.6. The van der Waals surface area contributed by atoms with Gasteiger partial charge in [-0.1, -0.05) is 93.8 Å². The van der Waals surface area contributed by atoms with Gasteiger partial charge >= 0.3 is 0 Å². The Morgan fingerprint density at radius 3 is 1.97 bits per heavy atom. The Balaban J connectivity index is 1.26. The molecular formula is C33H53N3O. The van der Waals surface area contributed by atoms with E-state index in [4.69, 9.17) is 5.73 Å². The van der Waals surface area contributed by atoms with Crippen molar-refractivity contribution in [2.24, 2.45) is 11.7 Å². The van der Waals surface area contributed by atoms with E-state index in [0.29, 0.717) is 0 Å². The van der Waals surface area contributed by atoms with Gasteiger partial charge in [-0.3, -0.25) is 4.90 Å². The van der Waals surface area contributed by atoms with Gasteiger partial charge in [-0.15, -0.1) is 0 Å². The molecule has 4 N–H and O–H groups in total. The molecule has 2 aromatic carbocycles. The molecule has 1 aliphatic rings. The van der Waals surface area contributed by atoms with Crippen LogP contribution in [0.5, 0.6) is 0 Å². The molecule has 0 bridgehead atoms. The largest absolute Gasteiger partial charge is 0.387 e. The van der Waals surface area contributed by atoms with Crippen molar-refractivity contribution in [3.8, 4) is 0 Å². The molecule has 1 fully saturated rings. The van der Waals surface area contributed by atoms with E-state index in [9.17, 15) is 5.11 Å². The summed E-state index contributed by atoms with van der Waals surface area (Å²) in [5.41, 5.74) is 9.17. The summed E-state index contributed by atoms with van der Waals surface area (Å²) in [4.78, 5) is 2.47. The highest BCUT2D eigenvalue weighted by Crippen LogP contribution is 2.28. The maximum atomic E-state index is 11.1. The van der Waals surface area contributed by atoms with Gasteiger partial charge in [0.05, 0.1) is 6.10 Å². The van der Waals surface area contributed by atoms with Crippen molar-refractivity contribution in [3.63, 3.8) is 0 Å². The first-order valence-corrected chi connectivity index (χ1v) is 15.2. The molecule has 0 radical (unpaired) electrons. The van der Waals surface area contributed by atoms with Crippen LogP contribution in [-0.2, 0) is 6.42 Å². The fourth-order valence-corrected chi connectivity index (χ4v) is 5.70. The van der Waals surface area contributed by atoms with Gasteiger partial charge in [0, 0.05) is 18.3 Å². The average Bonchev–Trinajstić information content (AvgIpc) is 2.94. The molecule has 4 nitrogen and oxygen atoms in total. The molecule has 1 saturated heterocycles. The van der Waals surface area contributed by atoms with Crippen molar-refractivity contribution in [3.05, 3.63) is 65.7 Å². The number of likely N-dealkylation sites (tertiary alicyclic amines) is 1. The molecule has 2 atom stereocenters. The van der Waals surface area contributed by atoms with E-state index < -0.39 is 6.10 Å². The molecule has 1 heterocycles. The van der Waals surface area contributed by atoms with E-state index >= 15 is 0 Å². The van der Waals surface area contributed by atoms with Crippen molar-refractivity contribution in [2.45, 2.75) is 103 Å². The summed E-state index contributed by atoms with van der Waals surface area (Å²) in [6, 6.07) is 19.4. The van der Waals surface area contributed by atoms with Crippen LogP contribution in [0.1, 0.15) is 101 Å². The van der Waals surface area contributed by atoms with Crippen molar-refractivity contribution in [1.29, 1.82) is 0 Å². The van der Waals surface area contributed by atoms with Crippen LogP contribution in [-0.4, -0.2) is 42.2 Å². The fraction of sp³-hybridized carbons (Fsp3) is 0.636. The van der Waals surface area contributed by atoms with Gasteiger partial charge in [0.2, 0.25) is 0 Å². The summed E-state index contributed by atoms with van der Waals surface area (Å²) in [6.45, 7) is 6.19. The van der Waals surface area contributed by atoms with Crippen molar-refractivity contribution >= 4 is 5.69 Å². The van der Waals surface area contributed by atoms with Crippen molar-refractivity contribution < 1.29 is 5.11 Å². The number of hydrogen-bond donors (Lipinski definition) is 3. The molecule has 3 rings (SSSR count). The molecule has 0 aromatic heterocycles. The van der Waals surface area contributed by atoms with E-state index in [2.05, 4.69) is 71.7 Å². The Kier molecular flexibility index (Phi) is 14.1. The SMILES string of the molecule is C[C@@H]([C@H](O)c1ccc(NCCCCCCCCCCCCN)cc1)N1CCC(Cc2ccccc2)CC1. The van der Waals surface area contributed by atoms with Crippen molar-refractivity contribution in [2.75, 3.05) is 31.5 Å². The second-order valence-corrected chi connectivity index (χ2v) is 11.2. The number of nitrogens with two attached hydrogens (primary N) is 1. The van der Waals surface area contributed by atoms with E-state index in [-0.39, 0.29) is 6.04 Å². The zero-order valence-corrected chi connectivity index (χ0v) is 23.4. The summed E-state index contributed by atoms with van der Waals surface area (Å²) in [5, 5.41) is 14.6. The van der Waals surface area contributed by atoms with Gasteiger partial charge in [-0.2, -0.15) is 0 Å². The normalized spacial score (nSPS) is 16.5. The summed E-state index contributed by atoms with van der Waals surface area (Å²) in [6.07, 6.45) is 16.4. The van der Waals surface area contributed by atoms with Crippen LogP contribution in [0.4, 0.5) is 5.69 Å². The highest BCUT2D eigenvalue weighted by molar-refractivity contribution is 5.45. The monoisotopic (exact) mass is 507 g/mol. The Bertz CT molecular complexity index is 817. The zero-order valence-electron chi connectivity index (χ0n) is 23.4. The van der Waals surface area contributed by atoms with Gasteiger partial charge in [-0.05, 0) is 87.8 Å². The van der Waals surface area contributed by atoms with E-state index in [1.54, 1.807) is 0 Å². The first-order valence-electron chi connectivity index (χ1n) is 15.2. The minimum Gasteiger partial charge on any atom is -0.387 e. The maximum Gasteiger partial charge on any atom is 0.0942 e. The molecule has 1 aliphatic heterocycles. The topological polar surface area (TPSA) is 61.5 Å². The number of piperidine rings is 1. The molecule has 37 heavy (non-hydrogen) atoms. The van der Waals surface area contributed by atoms with Crippen LogP contribution in [0.15, 0.2) is 54.6 Å². The van der Waals surface area contributed by atoms with Crippen LogP contribution in [0.3, 0.4) is 0 Å². The minimum absolute atomic E-state index is 0.141. The zero-order chi connectivity index (χ0) is 26.1. The number of hydrogen-bond acceptors (Lipinski definition) is 4. The van der Waals surface area contributed by atoms with Gasteiger partial charge < -0.3 is 16.2 Å². The van der Waals surface area contributed by atoms with Crippen LogP contribution < -0.4 is 11.1 Å². The van der Waals surface area contributed by atoms with Crippen LogP contribution in [0.2, 0.25) is 0 Å². The number of anilines is 1. The third kappa shape index (κ3) is 11.2. The number of nitrogens with zero attached hydrogens (tertiary/aromatic N) is 1. The van der Waals surface area contributed by atoms with Gasteiger partial charge in [0.25, 0.3) is 0 Å². The number of aliphatic hydroxyl groups is 1. The highest BCUT2D eigenvalue weighted by atomic mass is 16.3. The smallest absolute Gasteiger partial charge is 0.0942 e. The Labute approximate surface area is 227 Å². The number of aliphatic hydroxyl groups excluding tert-OH is 1. The standard InChI is InChI=1S/C33H53N3O/c1-28(36-25-21-30(22-26-36)27-29-15-11-10-12-16-29)33(37)31-17-19-32(20-18-31)35-24-14-9-7-5-3-2-4-6-8-13-23-34/h10-12,15-20,28,30,33,35,37H,2-9,13-14,21-27,34H2,1H3/t28-,33-/m0/s1. The summed E-state index contributed by atoms with van der Waals surface area (Å²) < 4.78 is 0. The molecule has 0 amide bonds. The fourth-order valence-electron chi connectivity index (χ4n) is 5.70. The summed E-state index contributed by atoms with van der Waals surface area (Å²) in [5.74, 6) is 0.755. The number of unbranched alkanes of at least 4 members (excludes halogenated alkanes) is 9. The van der Waals surface area contributed by atoms with Gasteiger partial charge in [-0.25, -0.2) is 0 Å². The average molecular weight is 508 g/mol. The summed E-state index contributed by atoms with van der Waals surface area (Å²) in [7, 11) is 0. The molecule has 0 unspecified atom stereocenters. The number of benzene rings is 2. The Morgan fingerprint density at radius 1 is 0.811 bits per heavy atom. The highest BCUT2D eigenvalue weighted by Gasteiger charge is 2.27. The van der Waals surface area contributed by atoms with Crippen LogP contribution in [0, 0.1) is 5.92 Å². The predicted molar refractivity (Wildman–Crippen MR) is 159 cm³/mol. The number of rotatable bonds is 18. The lowest BCUT2D eigenvalue weighted by Crippen LogP contribution is -2.43. The first kappa shape index (κ1) is 29.7. The van der Waals surface area contributed by atoms with Crippen LogP contribution >= 0.6 is 0 Å². The third-order valence-corrected chi connectivity index (χ3v) is 8.26. The Morgan fingerprint density at radius 2 is 1.38 bits per heavy atom. The third-order valence-electron chi connectivity index (χ3n) is 8.26. The van der Waals surface area contributed by atoms with Crippen molar-refractivity contribution in [1.82, 2.24) is 4.90 Å². The minimum atomic E-state index is -0.444. The second-order valence-electron chi connectivity index (χ2n) is 11.2. The quantitative estimate of drug-likeness (QED) is 0.185. The van der Waals surface area contributed by atoms with E-state index in [1.807, 2.05) is 0 Å². The molecule has 206 valence electrons. The molecule has 4 heteroatoms.